The first-order valence-corrected chi connectivity index (χ1v) is 8.34. The van der Waals surface area contributed by atoms with Crippen molar-refractivity contribution in [3.63, 3.8) is 0 Å². The van der Waals surface area contributed by atoms with Crippen LogP contribution in [0.4, 0.5) is 18.9 Å². The maximum atomic E-state index is 12.1. The zero-order chi connectivity index (χ0) is 16.4. The molecule has 1 heterocycles. The van der Waals surface area contributed by atoms with Crippen LogP contribution >= 0.6 is 11.3 Å². The Morgan fingerprint density at radius 3 is 2.55 bits per heavy atom. The Bertz CT molecular complexity index is 754. The van der Waals surface area contributed by atoms with Gasteiger partial charge in [0.2, 0.25) is 0 Å². The molecule has 4 nitrogen and oxygen atoms in total. The van der Waals surface area contributed by atoms with Crippen LogP contribution in [0.3, 0.4) is 0 Å². The Labute approximate surface area is 129 Å². The number of anilines is 1. The maximum absolute atomic E-state index is 12.1. The van der Waals surface area contributed by atoms with Crippen molar-refractivity contribution in [1.82, 2.24) is 0 Å². The zero-order valence-corrected chi connectivity index (χ0v) is 13.0. The Balaban J connectivity index is 2.13. The Morgan fingerprint density at radius 2 is 1.95 bits per heavy atom. The van der Waals surface area contributed by atoms with Crippen LogP contribution in [-0.2, 0) is 10.0 Å². The molecular weight excluding hydrogens is 339 g/mol. The molecular formula is C13H12F3NO3S2. The molecule has 0 bridgehead atoms. The molecule has 0 aliphatic heterocycles. The number of thiophene rings is 1. The van der Waals surface area contributed by atoms with Crippen molar-refractivity contribution >= 4 is 27.0 Å². The number of benzene rings is 1. The number of rotatable bonds is 5. The van der Waals surface area contributed by atoms with E-state index in [2.05, 4.69) is 9.46 Å². The molecule has 9 heteroatoms. The van der Waals surface area contributed by atoms with Gasteiger partial charge in [-0.3, -0.25) is 4.72 Å². The molecule has 0 spiro atoms. The van der Waals surface area contributed by atoms with Crippen molar-refractivity contribution in [2.75, 3.05) is 11.3 Å². The third-order valence-electron chi connectivity index (χ3n) is 2.47. The molecule has 0 aliphatic carbocycles. The van der Waals surface area contributed by atoms with Crippen molar-refractivity contribution in [2.45, 2.75) is 17.3 Å². The van der Waals surface area contributed by atoms with E-state index in [0.717, 1.165) is 16.2 Å². The van der Waals surface area contributed by atoms with E-state index >= 15 is 0 Å². The number of aryl methyl sites for hydroxylation is 1. The predicted molar refractivity (Wildman–Crippen MR) is 77.9 cm³/mol. The minimum atomic E-state index is -4.45. The third kappa shape index (κ3) is 4.63. The van der Waals surface area contributed by atoms with E-state index in [4.69, 9.17) is 0 Å². The molecule has 0 saturated carbocycles. The van der Waals surface area contributed by atoms with E-state index in [9.17, 15) is 21.6 Å². The van der Waals surface area contributed by atoms with Gasteiger partial charge in [0, 0.05) is 10.9 Å². The van der Waals surface area contributed by atoms with E-state index in [-0.39, 0.29) is 15.6 Å². The molecule has 0 amide bonds. The Morgan fingerprint density at radius 1 is 1.23 bits per heavy atom. The van der Waals surface area contributed by atoms with Crippen LogP contribution in [0.1, 0.15) is 4.88 Å². The van der Waals surface area contributed by atoms with Gasteiger partial charge in [-0.1, -0.05) is 6.07 Å². The summed E-state index contributed by atoms with van der Waals surface area (Å²) < 4.78 is 67.6. The van der Waals surface area contributed by atoms with Crippen LogP contribution in [0.2, 0.25) is 0 Å². The largest absolute Gasteiger partial charge is 0.484 e. The van der Waals surface area contributed by atoms with E-state index in [1.54, 1.807) is 13.0 Å². The lowest BCUT2D eigenvalue weighted by Gasteiger charge is -2.11. The molecule has 0 unspecified atom stereocenters. The highest BCUT2D eigenvalue weighted by Gasteiger charge is 2.28. The predicted octanol–water partition coefficient (Wildman–Crippen LogP) is 3.80. The number of alkyl halides is 3. The summed E-state index contributed by atoms with van der Waals surface area (Å²) in [4.78, 5) is 0.836. The van der Waals surface area contributed by atoms with Gasteiger partial charge in [0.1, 0.15) is 9.96 Å². The monoisotopic (exact) mass is 351 g/mol. The fourth-order valence-electron chi connectivity index (χ4n) is 1.58. The van der Waals surface area contributed by atoms with Gasteiger partial charge in [0.15, 0.2) is 6.61 Å². The minimum Gasteiger partial charge on any atom is -0.484 e. The summed E-state index contributed by atoms with van der Waals surface area (Å²) in [5, 5.41) is 0. The second kappa shape index (κ2) is 6.17. The van der Waals surface area contributed by atoms with Gasteiger partial charge in [-0.25, -0.2) is 8.42 Å². The number of halogens is 3. The molecule has 1 aromatic heterocycles. The van der Waals surface area contributed by atoms with E-state index in [1.165, 1.54) is 30.3 Å². The Hall–Kier alpha value is -1.74. The molecule has 0 radical (unpaired) electrons. The van der Waals surface area contributed by atoms with Gasteiger partial charge in [-0.15, -0.1) is 11.3 Å². The van der Waals surface area contributed by atoms with Crippen LogP contribution in [0, 0.1) is 6.92 Å². The smallest absolute Gasteiger partial charge is 0.422 e. The van der Waals surface area contributed by atoms with Crippen LogP contribution in [0.15, 0.2) is 40.6 Å². The SMILES string of the molecule is Cc1ccc(S(=O)(=O)Nc2cccc(OCC(F)(F)F)c2)s1. The molecule has 0 fully saturated rings. The summed E-state index contributed by atoms with van der Waals surface area (Å²) in [6.45, 7) is 0.336. The van der Waals surface area contributed by atoms with Crippen molar-refractivity contribution in [3.05, 3.63) is 41.3 Å². The standard InChI is InChI=1S/C13H12F3NO3S2/c1-9-5-6-12(21-9)22(18,19)17-10-3-2-4-11(7-10)20-8-13(14,15)16/h2-7,17H,8H2,1H3. The van der Waals surface area contributed by atoms with Crippen molar-refractivity contribution < 1.29 is 26.3 Å². The molecule has 0 atom stereocenters. The van der Waals surface area contributed by atoms with E-state index in [0.29, 0.717) is 0 Å². The number of hydrogen-bond acceptors (Lipinski definition) is 4. The summed E-state index contributed by atoms with van der Waals surface area (Å²) >= 11 is 1.10. The lowest BCUT2D eigenvalue weighted by molar-refractivity contribution is -0.153. The molecule has 0 saturated heterocycles. The fraction of sp³-hybridized carbons (Fsp3) is 0.231. The van der Waals surface area contributed by atoms with Gasteiger partial charge in [0.05, 0.1) is 5.69 Å². The maximum Gasteiger partial charge on any atom is 0.422 e. The lowest BCUT2D eigenvalue weighted by Crippen LogP contribution is -2.19. The summed E-state index contributed by atoms with van der Waals surface area (Å²) in [5.41, 5.74) is 0.130. The van der Waals surface area contributed by atoms with Gasteiger partial charge in [0.25, 0.3) is 10.0 Å². The topological polar surface area (TPSA) is 55.4 Å². The van der Waals surface area contributed by atoms with Crippen LogP contribution in [-0.4, -0.2) is 21.2 Å². The second-order valence-electron chi connectivity index (χ2n) is 4.40. The highest BCUT2D eigenvalue weighted by Crippen LogP contribution is 2.26. The minimum absolute atomic E-state index is 0.0696. The highest BCUT2D eigenvalue weighted by atomic mass is 32.2. The quantitative estimate of drug-likeness (QED) is 0.891. The number of nitrogens with one attached hydrogen (secondary N) is 1. The van der Waals surface area contributed by atoms with E-state index < -0.39 is 22.8 Å². The first kappa shape index (κ1) is 16.6. The average Bonchev–Trinajstić information content (AvgIpc) is 2.83. The van der Waals surface area contributed by atoms with Gasteiger partial charge in [-0.2, -0.15) is 13.2 Å². The van der Waals surface area contributed by atoms with Crippen LogP contribution < -0.4 is 9.46 Å². The summed E-state index contributed by atoms with van der Waals surface area (Å²) in [5.74, 6) is -0.0696. The summed E-state index contributed by atoms with van der Waals surface area (Å²) in [6.07, 6.45) is -4.45. The zero-order valence-electron chi connectivity index (χ0n) is 11.3. The Kier molecular flexibility index (Phi) is 4.66. The lowest BCUT2D eigenvalue weighted by atomic mass is 10.3. The summed E-state index contributed by atoms with van der Waals surface area (Å²) in [7, 11) is -3.76. The normalized spacial score (nSPS) is 12.2. The highest BCUT2D eigenvalue weighted by molar-refractivity contribution is 7.94. The van der Waals surface area contributed by atoms with Crippen LogP contribution in [0.5, 0.6) is 5.75 Å². The van der Waals surface area contributed by atoms with Gasteiger partial charge >= 0.3 is 6.18 Å². The molecule has 22 heavy (non-hydrogen) atoms. The molecule has 1 aromatic carbocycles. The molecule has 1 N–H and O–H groups in total. The first-order valence-electron chi connectivity index (χ1n) is 6.05. The van der Waals surface area contributed by atoms with Crippen LogP contribution in [0.25, 0.3) is 0 Å². The molecule has 0 aliphatic rings. The number of sulfonamides is 1. The second-order valence-corrected chi connectivity index (χ2v) is 7.60. The van der Waals surface area contributed by atoms with Crippen molar-refractivity contribution in [1.29, 1.82) is 0 Å². The van der Waals surface area contributed by atoms with Crippen molar-refractivity contribution in [2.24, 2.45) is 0 Å². The average molecular weight is 351 g/mol. The number of ether oxygens (including phenoxy) is 1. The van der Waals surface area contributed by atoms with E-state index in [1.807, 2.05) is 0 Å². The van der Waals surface area contributed by atoms with Crippen molar-refractivity contribution in [3.8, 4) is 5.75 Å². The fourth-order valence-corrected chi connectivity index (χ4v) is 3.91. The molecule has 2 aromatic rings. The molecule has 120 valence electrons. The first-order chi connectivity index (χ1) is 10.2. The van der Waals surface area contributed by atoms with Gasteiger partial charge < -0.3 is 4.74 Å². The number of hydrogen-bond donors (Lipinski definition) is 1. The van der Waals surface area contributed by atoms with Gasteiger partial charge in [-0.05, 0) is 31.2 Å². The molecule has 2 rings (SSSR count). The third-order valence-corrected chi connectivity index (χ3v) is 5.34. The summed E-state index contributed by atoms with van der Waals surface area (Å²) in [6, 6.07) is 8.48.